The number of hydrogen-bond donors (Lipinski definition) is 2. The Labute approximate surface area is 173 Å². The Morgan fingerprint density at radius 2 is 1.37 bits per heavy atom. The van der Waals surface area contributed by atoms with Gasteiger partial charge in [-0.05, 0) is 57.3 Å². The van der Waals surface area contributed by atoms with Gasteiger partial charge in [0.05, 0.1) is 26.1 Å². The lowest BCUT2D eigenvalue weighted by Crippen LogP contribution is -2.32. The fraction of sp³-hybridized carbons (Fsp3) is 0.250. The van der Waals surface area contributed by atoms with Gasteiger partial charge in [0.25, 0.3) is 0 Å². The fourth-order valence-corrected chi connectivity index (χ4v) is 4.49. The van der Waals surface area contributed by atoms with Crippen molar-refractivity contribution in [2.75, 3.05) is 14.2 Å². The lowest BCUT2D eigenvalue weighted by Gasteiger charge is -2.25. The molecule has 0 radical (unpaired) electrons. The Balaban J connectivity index is 2.05. The van der Waals surface area contributed by atoms with Crippen molar-refractivity contribution in [3.8, 4) is 22.6 Å². The van der Waals surface area contributed by atoms with Crippen LogP contribution in [0.15, 0.2) is 48.5 Å². The third-order valence-corrected chi connectivity index (χ3v) is 6.01. The molecule has 3 aromatic carbocycles. The molecule has 0 spiro atoms. The molecule has 6 heteroatoms. The summed E-state index contributed by atoms with van der Waals surface area (Å²) in [4.78, 5) is 24.0. The number of carbonyl (C=O) groups is 2. The van der Waals surface area contributed by atoms with Gasteiger partial charge in [-0.2, -0.15) is 0 Å². The van der Waals surface area contributed by atoms with E-state index in [1.165, 1.54) is 14.0 Å². The van der Waals surface area contributed by atoms with Gasteiger partial charge in [-0.15, -0.1) is 0 Å². The summed E-state index contributed by atoms with van der Waals surface area (Å²) < 4.78 is 10.9. The molecule has 3 unspecified atom stereocenters. The number of benzene rings is 3. The highest BCUT2D eigenvalue weighted by Crippen LogP contribution is 2.53. The zero-order valence-corrected chi connectivity index (χ0v) is 16.9. The van der Waals surface area contributed by atoms with Crippen molar-refractivity contribution in [3.05, 3.63) is 59.7 Å². The van der Waals surface area contributed by atoms with Gasteiger partial charge >= 0.3 is 11.9 Å². The van der Waals surface area contributed by atoms with E-state index in [0.29, 0.717) is 11.5 Å². The Hall–Kier alpha value is -3.54. The van der Waals surface area contributed by atoms with Gasteiger partial charge < -0.3 is 19.7 Å². The maximum atomic E-state index is 12.3. The summed E-state index contributed by atoms with van der Waals surface area (Å²) >= 11 is 0. The van der Waals surface area contributed by atoms with Crippen LogP contribution in [-0.4, -0.2) is 36.4 Å². The summed E-state index contributed by atoms with van der Waals surface area (Å²) in [6.07, 6.45) is 0. The van der Waals surface area contributed by atoms with Crippen LogP contribution in [0.5, 0.6) is 11.5 Å². The molecular weight excluding hydrogens is 384 g/mol. The quantitative estimate of drug-likeness (QED) is 0.631. The second-order valence-corrected chi connectivity index (χ2v) is 7.55. The minimum Gasteiger partial charge on any atom is -0.493 e. The molecule has 0 fully saturated rings. The molecule has 0 saturated carbocycles. The van der Waals surface area contributed by atoms with Crippen LogP contribution in [0.3, 0.4) is 0 Å². The summed E-state index contributed by atoms with van der Waals surface area (Å²) in [5, 5.41) is 21.6. The summed E-state index contributed by atoms with van der Waals surface area (Å²) in [6, 6.07) is 15.4. The predicted octanol–water partition coefficient (Wildman–Crippen LogP) is 4.39. The van der Waals surface area contributed by atoms with Crippen molar-refractivity contribution in [1.82, 2.24) is 0 Å². The highest BCUT2D eigenvalue weighted by atomic mass is 16.5. The molecule has 0 heterocycles. The van der Waals surface area contributed by atoms with Gasteiger partial charge in [0.15, 0.2) is 11.5 Å². The second-order valence-electron chi connectivity index (χ2n) is 7.55. The average Bonchev–Trinajstić information content (AvgIpc) is 3.03. The first kappa shape index (κ1) is 19.8. The second kappa shape index (κ2) is 7.37. The number of ether oxygens (including phenoxy) is 2. The molecule has 0 aromatic heterocycles. The topological polar surface area (TPSA) is 93.1 Å². The van der Waals surface area contributed by atoms with Crippen molar-refractivity contribution in [1.29, 1.82) is 0 Å². The molecule has 0 bridgehead atoms. The van der Waals surface area contributed by atoms with Crippen LogP contribution in [0, 0.1) is 11.8 Å². The summed E-state index contributed by atoms with van der Waals surface area (Å²) in [5.41, 5.74) is 3.26. The highest BCUT2D eigenvalue weighted by Gasteiger charge is 2.44. The molecule has 1 aliphatic carbocycles. The maximum Gasteiger partial charge on any atom is 0.308 e. The van der Waals surface area contributed by atoms with Gasteiger partial charge in [0.1, 0.15) is 0 Å². The average molecular weight is 406 g/mol. The molecule has 6 nitrogen and oxygen atoms in total. The standard InChI is InChI=1S/C24H22O6/c1-12(23(25)26)21(24(27)28)22-17-9-14-7-5-4-6-13(14)8-15(17)16-10-19(29-2)20(30-3)11-18(16)22/h4-12,21-22H,1-3H3,(H,25,26)(H,27,28). The normalized spacial score (nSPS) is 16.4. The van der Waals surface area contributed by atoms with Gasteiger partial charge in [0, 0.05) is 5.92 Å². The third-order valence-electron chi connectivity index (χ3n) is 6.01. The zero-order chi connectivity index (χ0) is 21.6. The van der Waals surface area contributed by atoms with Crippen molar-refractivity contribution in [2.45, 2.75) is 12.8 Å². The Morgan fingerprint density at radius 1 is 0.833 bits per heavy atom. The van der Waals surface area contributed by atoms with E-state index in [2.05, 4.69) is 0 Å². The van der Waals surface area contributed by atoms with E-state index >= 15 is 0 Å². The molecule has 2 N–H and O–H groups in total. The van der Waals surface area contributed by atoms with Crippen molar-refractivity contribution in [3.63, 3.8) is 0 Å². The first-order chi connectivity index (χ1) is 14.4. The first-order valence-corrected chi connectivity index (χ1v) is 9.62. The lowest BCUT2D eigenvalue weighted by atomic mass is 9.77. The number of methoxy groups -OCH3 is 2. The molecule has 0 amide bonds. The monoisotopic (exact) mass is 406 g/mol. The number of hydrogen-bond acceptors (Lipinski definition) is 4. The molecular formula is C24H22O6. The zero-order valence-electron chi connectivity index (χ0n) is 16.9. The SMILES string of the molecule is COc1cc2c(cc1OC)C(C(C(=O)O)C(C)C(=O)O)c1cc3ccccc3cc1-2. The van der Waals surface area contributed by atoms with Crippen LogP contribution in [0.2, 0.25) is 0 Å². The predicted molar refractivity (Wildman–Crippen MR) is 112 cm³/mol. The minimum atomic E-state index is -1.14. The molecule has 3 atom stereocenters. The van der Waals surface area contributed by atoms with Gasteiger partial charge in [-0.1, -0.05) is 31.2 Å². The summed E-state index contributed by atoms with van der Waals surface area (Å²) in [7, 11) is 3.06. The number of carboxylic acid groups (broad SMARTS) is 2. The van der Waals surface area contributed by atoms with E-state index < -0.39 is 29.7 Å². The molecule has 0 aliphatic heterocycles. The lowest BCUT2D eigenvalue weighted by molar-refractivity contribution is -0.153. The smallest absolute Gasteiger partial charge is 0.308 e. The Morgan fingerprint density at radius 3 is 1.93 bits per heavy atom. The molecule has 1 aliphatic rings. The minimum absolute atomic E-state index is 0.478. The molecule has 30 heavy (non-hydrogen) atoms. The summed E-state index contributed by atoms with van der Waals surface area (Å²) in [6.45, 7) is 1.45. The van der Waals surface area contributed by atoms with E-state index in [9.17, 15) is 19.8 Å². The van der Waals surface area contributed by atoms with E-state index in [1.54, 1.807) is 13.2 Å². The van der Waals surface area contributed by atoms with Crippen LogP contribution in [0.25, 0.3) is 21.9 Å². The van der Waals surface area contributed by atoms with E-state index in [0.717, 1.165) is 33.0 Å². The van der Waals surface area contributed by atoms with Crippen LogP contribution in [-0.2, 0) is 9.59 Å². The Bertz CT molecular complexity index is 1170. The number of aliphatic carboxylic acids is 2. The van der Waals surface area contributed by atoms with Gasteiger partial charge in [-0.3, -0.25) is 9.59 Å². The van der Waals surface area contributed by atoms with Crippen LogP contribution >= 0.6 is 0 Å². The third kappa shape index (κ3) is 2.96. The molecule has 154 valence electrons. The maximum absolute atomic E-state index is 12.3. The van der Waals surface area contributed by atoms with Crippen molar-refractivity contribution >= 4 is 22.7 Å². The fourth-order valence-electron chi connectivity index (χ4n) is 4.49. The van der Waals surface area contributed by atoms with E-state index in [1.807, 2.05) is 42.5 Å². The van der Waals surface area contributed by atoms with Crippen LogP contribution in [0.4, 0.5) is 0 Å². The molecule has 3 aromatic rings. The number of carboxylic acids is 2. The van der Waals surface area contributed by atoms with Gasteiger partial charge in [-0.25, -0.2) is 0 Å². The van der Waals surface area contributed by atoms with Crippen LogP contribution < -0.4 is 9.47 Å². The van der Waals surface area contributed by atoms with Crippen molar-refractivity contribution in [2.24, 2.45) is 11.8 Å². The molecule has 0 saturated heterocycles. The van der Waals surface area contributed by atoms with Crippen LogP contribution in [0.1, 0.15) is 24.0 Å². The first-order valence-electron chi connectivity index (χ1n) is 9.62. The van der Waals surface area contributed by atoms with E-state index in [-0.39, 0.29) is 0 Å². The van der Waals surface area contributed by atoms with Gasteiger partial charge in [0.2, 0.25) is 0 Å². The highest BCUT2D eigenvalue weighted by molar-refractivity contribution is 5.95. The Kier molecular flexibility index (Phi) is 4.86. The number of rotatable bonds is 6. The largest absolute Gasteiger partial charge is 0.493 e. The number of fused-ring (bicyclic) bond motifs is 4. The summed E-state index contributed by atoms with van der Waals surface area (Å²) in [5.74, 6) is -4.11. The van der Waals surface area contributed by atoms with E-state index in [4.69, 9.17) is 9.47 Å². The molecule has 4 rings (SSSR count). The van der Waals surface area contributed by atoms with Crippen molar-refractivity contribution < 1.29 is 29.3 Å².